The van der Waals surface area contributed by atoms with Gasteiger partial charge in [0.1, 0.15) is 4.21 Å². The molecule has 0 atom stereocenters. The topological polar surface area (TPSA) is 50.3 Å². The van der Waals surface area contributed by atoms with Crippen molar-refractivity contribution in [3.05, 3.63) is 46.6 Å². The first-order chi connectivity index (χ1) is 9.45. The maximum atomic E-state index is 12.5. The van der Waals surface area contributed by atoms with Gasteiger partial charge in [-0.2, -0.15) is 4.31 Å². The molecule has 0 aliphatic heterocycles. The minimum Gasteiger partial charge on any atom is -0.260 e. The molecule has 4 nitrogen and oxygen atoms in total. The van der Waals surface area contributed by atoms with Gasteiger partial charge >= 0.3 is 0 Å². The van der Waals surface area contributed by atoms with Crippen LogP contribution >= 0.6 is 22.9 Å². The van der Waals surface area contributed by atoms with Crippen LogP contribution in [0.4, 0.5) is 0 Å². The zero-order chi connectivity index (χ0) is 14.8. The van der Waals surface area contributed by atoms with E-state index in [2.05, 4.69) is 4.98 Å². The van der Waals surface area contributed by atoms with E-state index in [0.29, 0.717) is 15.8 Å². The fourth-order valence-electron chi connectivity index (χ4n) is 1.71. The van der Waals surface area contributed by atoms with Crippen LogP contribution in [-0.4, -0.2) is 24.8 Å². The van der Waals surface area contributed by atoms with Crippen LogP contribution in [0.3, 0.4) is 0 Å². The van der Waals surface area contributed by atoms with Gasteiger partial charge in [-0.15, -0.1) is 22.9 Å². The van der Waals surface area contributed by atoms with Crippen molar-refractivity contribution >= 4 is 33.0 Å². The molecule has 0 saturated carbocycles. The molecule has 0 spiro atoms. The highest BCUT2D eigenvalue weighted by Gasteiger charge is 2.24. The molecule has 0 aromatic carbocycles. The average molecular weight is 331 g/mol. The second-order valence-electron chi connectivity index (χ2n) is 4.39. The van der Waals surface area contributed by atoms with Gasteiger partial charge in [-0.25, -0.2) is 8.42 Å². The predicted octanol–water partition coefficient (Wildman–Crippen LogP) is 3.01. The quantitative estimate of drug-likeness (QED) is 0.792. The third-order valence-corrected chi connectivity index (χ3v) is 6.81. The van der Waals surface area contributed by atoms with E-state index in [0.717, 1.165) is 10.4 Å². The molecule has 0 unspecified atom stereocenters. The van der Waals surface area contributed by atoms with E-state index < -0.39 is 10.0 Å². The predicted molar refractivity (Wildman–Crippen MR) is 81.5 cm³/mol. The Kier molecular flexibility index (Phi) is 4.80. The van der Waals surface area contributed by atoms with Gasteiger partial charge in [0.25, 0.3) is 10.0 Å². The number of halogens is 1. The summed E-state index contributed by atoms with van der Waals surface area (Å²) < 4.78 is 26.6. The molecule has 0 fully saturated rings. The van der Waals surface area contributed by atoms with Gasteiger partial charge in [-0.05, 0) is 30.7 Å². The second-order valence-corrected chi connectivity index (χ2v) is 8.06. The van der Waals surface area contributed by atoms with Crippen LogP contribution in [0.5, 0.6) is 0 Å². The SMILES string of the molecule is Cc1cc(S(=O)(=O)N(C)Cc2ccccn2)sc1CCl. The summed E-state index contributed by atoms with van der Waals surface area (Å²) in [7, 11) is -1.94. The number of hydrogen-bond donors (Lipinski definition) is 0. The van der Waals surface area contributed by atoms with Gasteiger partial charge in [0.2, 0.25) is 0 Å². The molecular weight excluding hydrogens is 316 g/mol. The normalized spacial score (nSPS) is 12.0. The van der Waals surface area contributed by atoms with Crippen molar-refractivity contribution < 1.29 is 8.42 Å². The molecule has 2 rings (SSSR count). The zero-order valence-electron chi connectivity index (χ0n) is 11.2. The van der Waals surface area contributed by atoms with E-state index in [1.807, 2.05) is 13.0 Å². The summed E-state index contributed by atoms with van der Waals surface area (Å²) in [6, 6.07) is 7.11. The van der Waals surface area contributed by atoms with E-state index >= 15 is 0 Å². The van der Waals surface area contributed by atoms with E-state index in [4.69, 9.17) is 11.6 Å². The highest BCUT2D eigenvalue weighted by Crippen LogP contribution is 2.29. The lowest BCUT2D eigenvalue weighted by Crippen LogP contribution is -2.26. The minimum atomic E-state index is -3.50. The van der Waals surface area contributed by atoms with Crippen molar-refractivity contribution in [3.63, 3.8) is 0 Å². The second kappa shape index (κ2) is 6.22. The van der Waals surface area contributed by atoms with E-state index in [9.17, 15) is 8.42 Å². The van der Waals surface area contributed by atoms with Crippen LogP contribution in [0.2, 0.25) is 0 Å². The maximum Gasteiger partial charge on any atom is 0.252 e. The van der Waals surface area contributed by atoms with Crippen molar-refractivity contribution in [2.45, 2.75) is 23.6 Å². The number of nitrogens with zero attached hydrogens (tertiary/aromatic N) is 2. The van der Waals surface area contributed by atoms with Gasteiger partial charge in [0.15, 0.2) is 0 Å². The van der Waals surface area contributed by atoms with Crippen LogP contribution in [0.25, 0.3) is 0 Å². The molecule has 20 heavy (non-hydrogen) atoms. The molecule has 0 aliphatic carbocycles. The zero-order valence-corrected chi connectivity index (χ0v) is 13.6. The van der Waals surface area contributed by atoms with Crippen LogP contribution < -0.4 is 0 Å². The highest BCUT2D eigenvalue weighted by molar-refractivity contribution is 7.91. The summed E-state index contributed by atoms with van der Waals surface area (Å²) in [5, 5.41) is 0. The monoisotopic (exact) mass is 330 g/mol. The van der Waals surface area contributed by atoms with Crippen LogP contribution in [0.1, 0.15) is 16.1 Å². The number of thiophene rings is 1. The number of aryl methyl sites for hydroxylation is 1. The van der Waals surface area contributed by atoms with Gasteiger partial charge in [0.05, 0.1) is 18.1 Å². The summed E-state index contributed by atoms with van der Waals surface area (Å²) in [6.07, 6.45) is 1.65. The first kappa shape index (κ1) is 15.4. The standard InChI is InChI=1S/C13H15ClN2O2S2/c1-10-7-13(19-12(10)8-14)20(17,18)16(2)9-11-5-3-4-6-15-11/h3-7H,8-9H2,1-2H3. The van der Waals surface area contributed by atoms with Gasteiger partial charge in [-0.1, -0.05) is 6.07 Å². The van der Waals surface area contributed by atoms with Crippen LogP contribution in [0.15, 0.2) is 34.7 Å². The lowest BCUT2D eigenvalue weighted by atomic mass is 10.3. The molecule has 0 N–H and O–H groups in total. The Morgan fingerprint density at radius 2 is 2.15 bits per heavy atom. The Morgan fingerprint density at radius 3 is 2.70 bits per heavy atom. The lowest BCUT2D eigenvalue weighted by Gasteiger charge is -2.15. The molecule has 0 aliphatic rings. The number of alkyl halides is 1. The Hall–Kier alpha value is -0.950. The average Bonchev–Trinajstić information content (AvgIpc) is 2.81. The Balaban J connectivity index is 2.25. The number of aromatic nitrogens is 1. The molecule has 2 aromatic rings. The fourth-order valence-corrected chi connectivity index (χ4v) is 4.87. The van der Waals surface area contributed by atoms with Crippen molar-refractivity contribution in [1.82, 2.24) is 9.29 Å². The molecular formula is C13H15ClN2O2S2. The van der Waals surface area contributed by atoms with E-state index in [-0.39, 0.29) is 6.54 Å². The van der Waals surface area contributed by atoms with Crippen molar-refractivity contribution in [3.8, 4) is 0 Å². The fraction of sp³-hybridized carbons (Fsp3) is 0.308. The summed E-state index contributed by atoms with van der Waals surface area (Å²) >= 11 is 7.02. The van der Waals surface area contributed by atoms with E-state index in [1.54, 1.807) is 31.4 Å². The van der Waals surface area contributed by atoms with Crippen molar-refractivity contribution in [1.29, 1.82) is 0 Å². The smallest absolute Gasteiger partial charge is 0.252 e. The Bertz CT molecular complexity index is 684. The largest absolute Gasteiger partial charge is 0.260 e. The summed E-state index contributed by atoms with van der Waals surface area (Å²) in [5.74, 6) is 0.329. The van der Waals surface area contributed by atoms with Crippen LogP contribution in [0, 0.1) is 6.92 Å². The van der Waals surface area contributed by atoms with E-state index in [1.165, 1.54) is 15.6 Å². The van der Waals surface area contributed by atoms with Gasteiger partial charge < -0.3 is 0 Å². The Morgan fingerprint density at radius 1 is 1.40 bits per heavy atom. The maximum absolute atomic E-state index is 12.5. The summed E-state index contributed by atoms with van der Waals surface area (Å²) in [4.78, 5) is 5.03. The van der Waals surface area contributed by atoms with Gasteiger partial charge in [0, 0.05) is 18.1 Å². The first-order valence-electron chi connectivity index (χ1n) is 5.96. The summed E-state index contributed by atoms with van der Waals surface area (Å²) in [5.41, 5.74) is 1.62. The number of sulfonamides is 1. The summed E-state index contributed by atoms with van der Waals surface area (Å²) in [6.45, 7) is 2.11. The van der Waals surface area contributed by atoms with Gasteiger partial charge in [-0.3, -0.25) is 4.98 Å². The third-order valence-electron chi connectivity index (χ3n) is 2.89. The molecule has 108 valence electrons. The molecule has 2 aromatic heterocycles. The number of pyridine rings is 1. The lowest BCUT2D eigenvalue weighted by molar-refractivity contribution is 0.464. The van der Waals surface area contributed by atoms with Crippen molar-refractivity contribution in [2.75, 3.05) is 7.05 Å². The first-order valence-corrected chi connectivity index (χ1v) is 8.76. The Labute approximate surface area is 128 Å². The minimum absolute atomic E-state index is 0.246. The third kappa shape index (κ3) is 3.20. The molecule has 2 heterocycles. The van der Waals surface area contributed by atoms with Crippen LogP contribution in [-0.2, 0) is 22.4 Å². The number of rotatable bonds is 5. The van der Waals surface area contributed by atoms with Crippen molar-refractivity contribution in [2.24, 2.45) is 0 Å². The molecule has 0 bridgehead atoms. The number of hydrogen-bond acceptors (Lipinski definition) is 4. The molecule has 0 radical (unpaired) electrons. The highest BCUT2D eigenvalue weighted by atomic mass is 35.5. The molecule has 0 saturated heterocycles. The molecule has 7 heteroatoms. The molecule has 0 amide bonds.